The fraction of sp³-hybridized carbons (Fsp3) is 1.00. The maximum absolute atomic E-state index is 5.56. The number of ether oxygens (including phenoxy) is 2. The van der Waals surface area contributed by atoms with Crippen LogP contribution in [0.15, 0.2) is 0 Å². The standard InChI is InChI=1S/C16H34N2O2/c1-5-14(3)16-13-18(15(6-2)12-17-16)8-7-9-20-11-10-19-4/h14-17H,5-13H2,1-4H3. The molecule has 1 saturated heterocycles. The van der Waals surface area contributed by atoms with Gasteiger partial charge in [-0.05, 0) is 18.8 Å². The maximum Gasteiger partial charge on any atom is 0.0700 e. The molecule has 0 aromatic carbocycles. The van der Waals surface area contributed by atoms with Crippen molar-refractivity contribution in [2.75, 3.05) is 46.6 Å². The molecule has 0 saturated carbocycles. The average Bonchev–Trinajstić information content (AvgIpc) is 2.49. The zero-order valence-corrected chi connectivity index (χ0v) is 13.9. The van der Waals surface area contributed by atoms with Gasteiger partial charge in [0.25, 0.3) is 0 Å². The topological polar surface area (TPSA) is 33.7 Å². The van der Waals surface area contributed by atoms with Crippen LogP contribution in [-0.2, 0) is 9.47 Å². The van der Waals surface area contributed by atoms with Gasteiger partial charge in [0.05, 0.1) is 13.2 Å². The molecule has 1 fully saturated rings. The molecule has 0 amide bonds. The van der Waals surface area contributed by atoms with E-state index < -0.39 is 0 Å². The first-order valence-corrected chi connectivity index (χ1v) is 8.27. The molecule has 20 heavy (non-hydrogen) atoms. The normalized spacial score (nSPS) is 25.8. The number of hydrogen-bond donors (Lipinski definition) is 1. The van der Waals surface area contributed by atoms with Crippen LogP contribution in [0.1, 0.15) is 40.0 Å². The summed E-state index contributed by atoms with van der Waals surface area (Å²) < 4.78 is 10.5. The molecular formula is C16H34N2O2. The Kier molecular flexibility index (Phi) is 9.44. The lowest BCUT2D eigenvalue weighted by Crippen LogP contribution is -2.58. The number of nitrogens with zero attached hydrogens (tertiary/aromatic N) is 1. The molecule has 3 unspecified atom stereocenters. The highest BCUT2D eigenvalue weighted by atomic mass is 16.5. The van der Waals surface area contributed by atoms with Crippen molar-refractivity contribution in [3.8, 4) is 0 Å². The minimum atomic E-state index is 0.650. The highest BCUT2D eigenvalue weighted by molar-refractivity contribution is 4.87. The average molecular weight is 286 g/mol. The first kappa shape index (κ1) is 17.9. The molecule has 4 nitrogen and oxygen atoms in total. The zero-order valence-electron chi connectivity index (χ0n) is 13.9. The van der Waals surface area contributed by atoms with E-state index in [9.17, 15) is 0 Å². The van der Waals surface area contributed by atoms with E-state index in [0.29, 0.717) is 25.3 Å². The summed E-state index contributed by atoms with van der Waals surface area (Å²) in [5, 5.41) is 3.73. The van der Waals surface area contributed by atoms with Crippen LogP contribution in [0.4, 0.5) is 0 Å². The number of piperazine rings is 1. The SMILES string of the molecule is CCC(C)C1CN(CCCOCCOC)C(CC)CN1. The van der Waals surface area contributed by atoms with Gasteiger partial charge in [-0.1, -0.05) is 27.2 Å². The molecule has 3 atom stereocenters. The molecule has 1 rings (SSSR count). The molecule has 0 aliphatic carbocycles. The van der Waals surface area contributed by atoms with E-state index in [0.717, 1.165) is 32.0 Å². The van der Waals surface area contributed by atoms with Crippen LogP contribution in [0.3, 0.4) is 0 Å². The quantitative estimate of drug-likeness (QED) is 0.624. The first-order valence-electron chi connectivity index (χ1n) is 8.27. The molecule has 1 N–H and O–H groups in total. The van der Waals surface area contributed by atoms with Gasteiger partial charge in [0, 0.05) is 45.4 Å². The summed E-state index contributed by atoms with van der Waals surface area (Å²) in [5.74, 6) is 0.758. The van der Waals surface area contributed by atoms with Crippen LogP contribution in [0.25, 0.3) is 0 Å². The van der Waals surface area contributed by atoms with Crippen LogP contribution < -0.4 is 5.32 Å². The van der Waals surface area contributed by atoms with Gasteiger partial charge in [-0.15, -0.1) is 0 Å². The third kappa shape index (κ3) is 6.08. The lowest BCUT2D eigenvalue weighted by Gasteiger charge is -2.42. The summed E-state index contributed by atoms with van der Waals surface area (Å²) in [7, 11) is 1.71. The molecule has 0 radical (unpaired) electrons. The zero-order chi connectivity index (χ0) is 14.8. The number of hydrogen-bond acceptors (Lipinski definition) is 4. The summed E-state index contributed by atoms with van der Waals surface area (Å²) in [6, 6.07) is 1.34. The Morgan fingerprint density at radius 1 is 1.25 bits per heavy atom. The van der Waals surface area contributed by atoms with E-state index in [4.69, 9.17) is 9.47 Å². The van der Waals surface area contributed by atoms with Crippen molar-refractivity contribution in [2.45, 2.75) is 52.1 Å². The third-order valence-corrected chi connectivity index (χ3v) is 4.53. The summed E-state index contributed by atoms with van der Waals surface area (Å²) in [6.07, 6.45) is 3.60. The summed E-state index contributed by atoms with van der Waals surface area (Å²) in [6.45, 7) is 12.7. The second kappa shape index (κ2) is 10.6. The second-order valence-electron chi connectivity index (χ2n) is 5.92. The van der Waals surface area contributed by atoms with E-state index in [1.54, 1.807) is 7.11 Å². The van der Waals surface area contributed by atoms with Crippen LogP contribution in [0.5, 0.6) is 0 Å². The van der Waals surface area contributed by atoms with Crippen LogP contribution in [0, 0.1) is 5.92 Å². The monoisotopic (exact) mass is 286 g/mol. The number of nitrogens with one attached hydrogen (secondary N) is 1. The predicted octanol–water partition coefficient (Wildman–Crippen LogP) is 2.14. The Morgan fingerprint density at radius 2 is 2.05 bits per heavy atom. The van der Waals surface area contributed by atoms with Crippen molar-refractivity contribution in [3.05, 3.63) is 0 Å². The largest absolute Gasteiger partial charge is 0.382 e. The Hall–Kier alpha value is -0.160. The van der Waals surface area contributed by atoms with Gasteiger partial charge < -0.3 is 14.8 Å². The fourth-order valence-corrected chi connectivity index (χ4v) is 2.84. The predicted molar refractivity (Wildman–Crippen MR) is 84.2 cm³/mol. The molecule has 0 spiro atoms. The molecule has 120 valence electrons. The van der Waals surface area contributed by atoms with Gasteiger partial charge in [0.1, 0.15) is 0 Å². The van der Waals surface area contributed by atoms with Crippen molar-refractivity contribution in [1.29, 1.82) is 0 Å². The Bertz CT molecular complexity index is 239. The van der Waals surface area contributed by atoms with Crippen molar-refractivity contribution in [3.63, 3.8) is 0 Å². The van der Waals surface area contributed by atoms with Gasteiger partial charge >= 0.3 is 0 Å². The van der Waals surface area contributed by atoms with Gasteiger partial charge in [-0.25, -0.2) is 0 Å². The smallest absolute Gasteiger partial charge is 0.0700 e. The molecule has 1 aliphatic rings. The molecular weight excluding hydrogens is 252 g/mol. The van der Waals surface area contributed by atoms with E-state index in [-0.39, 0.29) is 0 Å². The summed E-state index contributed by atoms with van der Waals surface area (Å²) in [5.41, 5.74) is 0. The molecule has 1 heterocycles. The first-order chi connectivity index (χ1) is 9.72. The van der Waals surface area contributed by atoms with Crippen molar-refractivity contribution < 1.29 is 9.47 Å². The number of rotatable bonds is 10. The van der Waals surface area contributed by atoms with Crippen LogP contribution >= 0.6 is 0 Å². The second-order valence-corrected chi connectivity index (χ2v) is 5.92. The lowest BCUT2D eigenvalue weighted by atomic mass is 9.95. The van der Waals surface area contributed by atoms with Crippen molar-refractivity contribution in [1.82, 2.24) is 10.2 Å². The van der Waals surface area contributed by atoms with Crippen LogP contribution in [-0.4, -0.2) is 63.5 Å². The number of methoxy groups -OCH3 is 1. The minimum absolute atomic E-state index is 0.650. The highest BCUT2D eigenvalue weighted by Crippen LogP contribution is 2.17. The molecule has 0 aromatic heterocycles. The highest BCUT2D eigenvalue weighted by Gasteiger charge is 2.28. The minimum Gasteiger partial charge on any atom is -0.382 e. The van der Waals surface area contributed by atoms with Gasteiger partial charge in [-0.3, -0.25) is 4.90 Å². The fourth-order valence-electron chi connectivity index (χ4n) is 2.84. The van der Waals surface area contributed by atoms with Gasteiger partial charge in [0.15, 0.2) is 0 Å². The van der Waals surface area contributed by atoms with Crippen molar-refractivity contribution in [2.24, 2.45) is 5.92 Å². The molecule has 0 bridgehead atoms. The maximum atomic E-state index is 5.56. The molecule has 1 aliphatic heterocycles. The van der Waals surface area contributed by atoms with E-state index in [1.165, 1.54) is 19.4 Å². The van der Waals surface area contributed by atoms with Crippen LogP contribution in [0.2, 0.25) is 0 Å². The molecule has 0 aromatic rings. The van der Waals surface area contributed by atoms with E-state index in [1.807, 2.05) is 0 Å². The van der Waals surface area contributed by atoms with Gasteiger partial charge in [-0.2, -0.15) is 0 Å². The van der Waals surface area contributed by atoms with Gasteiger partial charge in [0.2, 0.25) is 0 Å². The Balaban J connectivity index is 2.27. The third-order valence-electron chi connectivity index (χ3n) is 4.53. The summed E-state index contributed by atoms with van der Waals surface area (Å²) >= 11 is 0. The lowest BCUT2D eigenvalue weighted by molar-refractivity contribution is 0.0545. The summed E-state index contributed by atoms with van der Waals surface area (Å²) in [4.78, 5) is 2.66. The Morgan fingerprint density at radius 3 is 2.70 bits per heavy atom. The van der Waals surface area contributed by atoms with Crippen molar-refractivity contribution >= 4 is 0 Å². The van der Waals surface area contributed by atoms with E-state index >= 15 is 0 Å². The Labute approximate surface area is 125 Å². The molecule has 4 heteroatoms. The van der Waals surface area contributed by atoms with E-state index in [2.05, 4.69) is 31.0 Å².